The predicted octanol–water partition coefficient (Wildman–Crippen LogP) is 2.99. The average Bonchev–Trinajstić information content (AvgIpc) is 2.54. The zero-order chi connectivity index (χ0) is 15.4. The van der Waals surface area contributed by atoms with E-state index < -0.39 is 0 Å². The lowest BCUT2D eigenvalue weighted by atomic mass is 10.3. The number of hydrogen-bond acceptors (Lipinski definition) is 7. The third-order valence-electron chi connectivity index (χ3n) is 2.80. The summed E-state index contributed by atoms with van der Waals surface area (Å²) in [6, 6.07) is 7.09. The summed E-state index contributed by atoms with van der Waals surface area (Å²) in [7, 11) is 0. The van der Waals surface area contributed by atoms with Gasteiger partial charge in [0.15, 0.2) is 11.6 Å². The normalized spacial score (nSPS) is 10.2. The summed E-state index contributed by atoms with van der Waals surface area (Å²) in [4.78, 5) is 16.4. The summed E-state index contributed by atoms with van der Waals surface area (Å²) in [6.07, 6.45) is 6.31. The first-order valence-electron chi connectivity index (χ1n) is 6.38. The van der Waals surface area contributed by atoms with Gasteiger partial charge in [0.05, 0.1) is 5.02 Å². The van der Waals surface area contributed by atoms with Crippen LogP contribution >= 0.6 is 11.6 Å². The van der Waals surface area contributed by atoms with Crippen LogP contribution in [-0.2, 0) is 0 Å². The zero-order valence-corrected chi connectivity index (χ0v) is 12.1. The van der Waals surface area contributed by atoms with Crippen LogP contribution in [0, 0.1) is 0 Å². The molecule has 0 spiro atoms. The first-order valence-corrected chi connectivity index (χ1v) is 6.76. The summed E-state index contributed by atoms with van der Waals surface area (Å²) in [6.45, 7) is 0. The molecule has 0 amide bonds. The van der Waals surface area contributed by atoms with Crippen molar-refractivity contribution in [3.05, 3.63) is 54.2 Å². The van der Waals surface area contributed by atoms with Gasteiger partial charge in [0.1, 0.15) is 17.8 Å². The van der Waals surface area contributed by atoms with Crippen molar-refractivity contribution in [2.24, 2.45) is 0 Å². The molecule has 22 heavy (non-hydrogen) atoms. The third-order valence-corrected chi connectivity index (χ3v) is 3.02. The average molecular weight is 314 g/mol. The molecule has 0 aromatic carbocycles. The molecule has 0 aliphatic heterocycles. The van der Waals surface area contributed by atoms with Gasteiger partial charge in [-0.15, -0.1) is 0 Å². The quantitative estimate of drug-likeness (QED) is 0.680. The highest BCUT2D eigenvalue weighted by Crippen LogP contribution is 2.27. The molecule has 0 bridgehead atoms. The number of nitrogen functional groups attached to an aromatic ring is 1. The molecule has 3 heterocycles. The van der Waals surface area contributed by atoms with Gasteiger partial charge in [-0.2, -0.15) is 0 Å². The van der Waals surface area contributed by atoms with Gasteiger partial charge in [0.2, 0.25) is 0 Å². The van der Waals surface area contributed by atoms with E-state index in [9.17, 15) is 0 Å². The minimum atomic E-state index is 0.385. The summed E-state index contributed by atoms with van der Waals surface area (Å²) in [5.74, 6) is 1.55. The molecule has 110 valence electrons. The van der Waals surface area contributed by atoms with Gasteiger partial charge in [0, 0.05) is 24.3 Å². The van der Waals surface area contributed by atoms with Gasteiger partial charge in [-0.05, 0) is 24.3 Å². The summed E-state index contributed by atoms with van der Waals surface area (Å²) >= 11 is 5.81. The van der Waals surface area contributed by atoms with E-state index in [1.165, 1.54) is 12.5 Å². The summed E-state index contributed by atoms with van der Waals surface area (Å²) in [5.41, 5.74) is 7.30. The summed E-state index contributed by atoms with van der Waals surface area (Å²) < 4.78 is 0. The Balaban J connectivity index is 1.84. The van der Waals surface area contributed by atoms with E-state index in [2.05, 4.69) is 30.6 Å². The molecule has 0 atom stereocenters. The van der Waals surface area contributed by atoms with E-state index in [0.29, 0.717) is 28.2 Å². The molecule has 3 aromatic rings. The maximum absolute atomic E-state index is 6.09. The number of pyridine rings is 2. The Morgan fingerprint density at radius 2 is 1.64 bits per heavy atom. The molecule has 0 saturated heterocycles. The maximum Gasteiger partial charge on any atom is 0.160 e. The molecule has 0 radical (unpaired) electrons. The summed E-state index contributed by atoms with van der Waals surface area (Å²) in [5, 5.41) is 6.69. The van der Waals surface area contributed by atoms with Gasteiger partial charge < -0.3 is 16.4 Å². The molecule has 0 fully saturated rings. The molecule has 0 unspecified atom stereocenters. The van der Waals surface area contributed by atoms with Crippen molar-refractivity contribution < 1.29 is 0 Å². The Morgan fingerprint density at radius 1 is 0.909 bits per heavy atom. The Kier molecular flexibility index (Phi) is 3.97. The Morgan fingerprint density at radius 3 is 2.32 bits per heavy atom. The van der Waals surface area contributed by atoms with Crippen LogP contribution in [0.4, 0.5) is 28.8 Å². The molecule has 4 N–H and O–H groups in total. The van der Waals surface area contributed by atoms with Crippen molar-refractivity contribution in [1.82, 2.24) is 19.9 Å². The Labute approximate surface area is 131 Å². The Bertz CT molecular complexity index is 762. The fourth-order valence-corrected chi connectivity index (χ4v) is 1.85. The molecular formula is C14H12ClN7. The van der Waals surface area contributed by atoms with E-state index in [1.807, 2.05) is 12.1 Å². The number of anilines is 5. The highest BCUT2D eigenvalue weighted by atomic mass is 35.5. The van der Waals surface area contributed by atoms with Crippen molar-refractivity contribution in [3.8, 4) is 0 Å². The number of nitrogens with one attached hydrogen (secondary N) is 2. The van der Waals surface area contributed by atoms with Crippen LogP contribution in [0.25, 0.3) is 0 Å². The molecule has 0 aliphatic rings. The fourth-order valence-electron chi connectivity index (χ4n) is 1.74. The third kappa shape index (κ3) is 3.21. The number of hydrogen-bond donors (Lipinski definition) is 3. The van der Waals surface area contributed by atoms with Crippen LogP contribution < -0.4 is 16.4 Å². The van der Waals surface area contributed by atoms with Crippen LogP contribution in [0.1, 0.15) is 0 Å². The number of rotatable bonds is 4. The van der Waals surface area contributed by atoms with E-state index in [4.69, 9.17) is 17.3 Å². The van der Waals surface area contributed by atoms with Gasteiger partial charge >= 0.3 is 0 Å². The predicted molar refractivity (Wildman–Crippen MR) is 86.5 cm³/mol. The standard InChI is InChI=1S/C14H12ClN7/c15-9-1-2-11(18-7-9)22-14-12(16)13(19-8-20-14)21-10-3-5-17-6-4-10/h1-8H,16H2,(H2,17,18,19,20,21,22). The lowest BCUT2D eigenvalue weighted by Gasteiger charge is -2.12. The number of nitrogens with two attached hydrogens (primary N) is 1. The minimum Gasteiger partial charge on any atom is -0.393 e. The highest BCUT2D eigenvalue weighted by Gasteiger charge is 2.09. The molecule has 8 heteroatoms. The SMILES string of the molecule is Nc1c(Nc2ccncc2)ncnc1Nc1ccc(Cl)cn1. The fraction of sp³-hybridized carbons (Fsp3) is 0. The number of nitrogens with zero attached hydrogens (tertiary/aromatic N) is 4. The number of aromatic nitrogens is 4. The zero-order valence-electron chi connectivity index (χ0n) is 11.4. The lowest BCUT2D eigenvalue weighted by molar-refractivity contribution is 1.16. The first-order chi connectivity index (χ1) is 10.7. The van der Waals surface area contributed by atoms with Crippen molar-refractivity contribution in [2.45, 2.75) is 0 Å². The van der Waals surface area contributed by atoms with Crippen LogP contribution in [-0.4, -0.2) is 19.9 Å². The van der Waals surface area contributed by atoms with Gasteiger partial charge in [0.25, 0.3) is 0 Å². The largest absolute Gasteiger partial charge is 0.393 e. The maximum atomic E-state index is 6.09. The van der Waals surface area contributed by atoms with Gasteiger partial charge in [-0.3, -0.25) is 4.98 Å². The second-order valence-corrected chi connectivity index (χ2v) is 4.77. The number of halogens is 1. The van der Waals surface area contributed by atoms with Crippen molar-refractivity contribution in [1.29, 1.82) is 0 Å². The van der Waals surface area contributed by atoms with E-state index in [1.54, 1.807) is 24.5 Å². The van der Waals surface area contributed by atoms with E-state index in [-0.39, 0.29) is 0 Å². The van der Waals surface area contributed by atoms with E-state index in [0.717, 1.165) is 5.69 Å². The highest BCUT2D eigenvalue weighted by molar-refractivity contribution is 6.30. The molecule has 3 aromatic heterocycles. The van der Waals surface area contributed by atoms with Crippen LogP contribution in [0.2, 0.25) is 5.02 Å². The lowest BCUT2D eigenvalue weighted by Crippen LogP contribution is -2.05. The van der Waals surface area contributed by atoms with Crippen molar-refractivity contribution >= 4 is 40.4 Å². The Hall–Kier alpha value is -2.93. The van der Waals surface area contributed by atoms with Crippen LogP contribution in [0.5, 0.6) is 0 Å². The molecule has 7 nitrogen and oxygen atoms in total. The van der Waals surface area contributed by atoms with Gasteiger partial charge in [-0.25, -0.2) is 15.0 Å². The molecule has 0 saturated carbocycles. The van der Waals surface area contributed by atoms with Crippen LogP contribution in [0.15, 0.2) is 49.2 Å². The van der Waals surface area contributed by atoms with Crippen LogP contribution in [0.3, 0.4) is 0 Å². The monoisotopic (exact) mass is 313 g/mol. The first kappa shape index (κ1) is 14.0. The van der Waals surface area contributed by atoms with Crippen molar-refractivity contribution in [3.63, 3.8) is 0 Å². The minimum absolute atomic E-state index is 0.385. The second kappa shape index (κ2) is 6.23. The second-order valence-electron chi connectivity index (χ2n) is 4.33. The smallest absolute Gasteiger partial charge is 0.160 e. The van der Waals surface area contributed by atoms with Crippen molar-refractivity contribution in [2.75, 3.05) is 16.4 Å². The topological polar surface area (TPSA) is 102 Å². The molecule has 0 aliphatic carbocycles. The van der Waals surface area contributed by atoms with E-state index >= 15 is 0 Å². The molecule has 3 rings (SSSR count). The van der Waals surface area contributed by atoms with Gasteiger partial charge in [-0.1, -0.05) is 11.6 Å². The molecular weight excluding hydrogens is 302 g/mol.